The first-order valence-electron chi connectivity index (χ1n) is 9.64. The summed E-state index contributed by atoms with van der Waals surface area (Å²) in [5, 5.41) is 19.8. The van der Waals surface area contributed by atoms with E-state index in [2.05, 4.69) is 4.98 Å². The average molecular weight is 482 g/mol. The zero-order valence-corrected chi connectivity index (χ0v) is 18.2. The van der Waals surface area contributed by atoms with Gasteiger partial charge in [-0.25, -0.2) is 4.79 Å². The number of alkyl halides is 3. The third-order valence-corrected chi connectivity index (χ3v) is 5.69. The van der Waals surface area contributed by atoms with Crippen molar-refractivity contribution in [1.82, 2.24) is 4.98 Å². The molecule has 3 N–H and O–H groups in total. The molecule has 1 aromatic heterocycles. The van der Waals surface area contributed by atoms with Crippen LogP contribution >= 0.6 is 11.6 Å². The van der Waals surface area contributed by atoms with Crippen LogP contribution in [0.1, 0.15) is 40.0 Å². The lowest BCUT2D eigenvalue weighted by molar-refractivity contribution is -0.274. The molecule has 0 amide bonds. The number of hydrogen-bond donors (Lipinski definition) is 3. The van der Waals surface area contributed by atoms with Crippen LogP contribution in [0.4, 0.5) is 13.2 Å². The summed E-state index contributed by atoms with van der Waals surface area (Å²) in [7, 11) is 0. The fourth-order valence-electron chi connectivity index (χ4n) is 3.57. The van der Waals surface area contributed by atoms with Crippen LogP contribution in [0.2, 0.25) is 5.02 Å². The Labute approximate surface area is 191 Å². The van der Waals surface area contributed by atoms with E-state index in [0.717, 1.165) is 12.1 Å². The Morgan fingerprint density at radius 1 is 1.06 bits per heavy atom. The summed E-state index contributed by atoms with van der Waals surface area (Å²) in [4.78, 5) is 24.7. The first-order valence-corrected chi connectivity index (χ1v) is 10.0. The average Bonchev–Trinajstić information content (AvgIpc) is 2.72. The standard InChI is InChI=1S/C23H19ClF3NO5/c1-12(22(32,23(25,26)27)18-9-10-20(29)28-13(18)2)17-8-7-16(11-19(17)24)33-15-5-3-14(4-6-15)21(30)31/h3-12,32H,1-2H3,(H,28,29)(H,30,31). The van der Waals surface area contributed by atoms with Crippen LogP contribution in [0.25, 0.3) is 0 Å². The molecule has 0 aliphatic heterocycles. The molecular formula is C23H19ClF3NO5. The fourth-order valence-corrected chi connectivity index (χ4v) is 3.91. The number of H-pyrrole nitrogens is 1. The zero-order chi connectivity index (χ0) is 24.6. The summed E-state index contributed by atoms with van der Waals surface area (Å²) < 4.78 is 48.0. The molecule has 174 valence electrons. The van der Waals surface area contributed by atoms with Gasteiger partial charge in [0.1, 0.15) is 11.5 Å². The van der Waals surface area contributed by atoms with Gasteiger partial charge < -0.3 is 19.9 Å². The molecule has 0 spiro atoms. The lowest BCUT2D eigenvalue weighted by Gasteiger charge is -2.37. The van der Waals surface area contributed by atoms with Crippen LogP contribution in [0.5, 0.6) is 11.5 Å². The molecule has 0 aliphatic carbocycles. The number of benzene rings is 2. The molecule has 3 aromatic rings. The summed E-state index contributed by atoms with van der Waals surface area (Å²) in [5.41, 5.74) is -4.46. The second-order valence-electron chi connectivity index (χ2n) is 7.46. The molecule has 1 heterocycles. The fraction of sp³-hybridized carbons (Fsp3) is 0.217. The lowest BCUT2D eigenvalue weighted by atomic mass is 9.77. The van der Waals surface area contributed by atoms with Gasteiger partial charge >= 0.3 is 12.1 Å². The highest BCUT2D eigenvalue weighted by Crippen LogP contribution is 2.50. The number of nitrogens with one attached hydrogen (secondary N) is 1. The Morgan fingerprint density at radius 2 is 1.67 bits per heavy atom. The minimum atomic E-state index is -5.08. The largest absolute Gasteiger partial charge is 0.478 e. The Morgan fingerprint density at radius 3 is 2.18 bits per heavy atom. The highest BCUT2D eigenvalue weighted by Gasteiger charge is 2.59. The van der Waals surface area contributed by atoms with Gasteiger partial charge in [0, 0.05) is 28.3 Å². The number of carbonyl (C=O) groups is 1. The molecule has 0 saturated carbocycles. The number of carboxylic acids is 1. The molecule has 6 nitrogen and oxygen atoms in total. The third kappa shape index (κ3) is 4.74. The third-order valence-electron chi connectivity index (χ3n) is 5.36. The summed E-state index contributed by atoms with van der Waals surface area (Å²) in [5.74, 6) is -2.14. The van der Waals surface area contributed by atoms with Crippen LogP contribution in [0, 0.1) is 6.92 Å². The van der Waals surface area contributed by atoms with E-state index in [0.29, 0.717) is 5.75 Å². The molecular weight excluding hydrogens is 463 g/mol. The topological polar surface area (TPSA) is 99.6 Å². The van der Waals surface area contributed by atoms with Gasteiger partial charge in [-0.1, -0.05) is 24.6 Å². The van der Waals surface area contributed by atoms with Crippen molar-refractivity contribution >= 4 is 17.6 Å². The molecule has 0 radical (unpaired) electrons. The van der Waals surface area contributed by atoms with Crippen molar-refractivity contribution in [2.75, 3.05) is 0 Å². The Balaban J connectivity index is 1.97. The number of aromatic carboxylic acids is 1. The summed E-state index contributed by atoms with van der Waals surface area (Å²) in [6.45, 7) is 2.46. The normalized spacial score (nSPS) is 14.4. The van der Waals surface area contributed by atoms with Gasteiger partial charge in [0.2, 0.25) is 5.56 Å². The van der Waals surface area contributed by atoms with E-state index >= 15 is 0 Å². The van der Waals surface area contributed by atoms with E-state index in [-0.39, 0.29) is 27.6 Å². The maximum atomic E-state index is 14.1. The minimum Gasteiger partial charge on any atom is -0.478 e. The van der Waals surface area contributed by atoms with Crippen molar-refractivity contribution < 1.29 is 32.9 Å². The molecule has 33 heavy (non-hydrogen) atoms. The Bertz CT molecular complexity index is 1240. The number of aryl methyl sites for hydroxylation is 1. The number of rotatable bonds is 6. The quantitative estimate of drug-likeness (QED) is 0.439. The first kappa shape index (κ1) is 24.3. The number of hydrogen-bond acceptors (Lipinski definition) is 4. The van der Waals surface area contributed by atoms with Gasteiger partial charge in [-0.2, -0.15) is 13.2 Å². The number of aliphatic hydroxyl groups is 1. The Kier molecular flexibility index (Phi) is 6.58. The number of aromatic nitrogens is 1. The van der Waals surface area contributed by atoms with Gasteiger partial charge in [-0.15, -0.1) is 0 Å². The number of aromatic amines is 1. The van der Waals surface area contributed by atoms with Crippen molar-refractivity contribution in [1.29, 1.82) is 0 Å². The molecule has 2 aromatic carbocycles. The highest BCUT2D eigenvalue weighted by molar-refractivity contribution is 6.31. The lowest BCUT2D eigenvalue weighted by Crippen LogP contribution is -2.47. The summed E-state index contributed by atoms with van der Waals surface area (Å²) >= 11 is 6.27. The van der Waals surface area contributed by atoms with Crippen LogP contribution in [0.3, 0.4) is 0 Å². The molecule has 0 saturated heterocycles. The SMILES string of the molecule is Cc1[nH]c(=O)ccc1C(O)(C(C)c1ccc(Oc2ccc(C(=O)O)cc2)cc1Cl)C(F)(F)F. The van der Waals surface area contributed by atoms with E-state index < -0.39 is 34.8 Å². The monoisotopic (exact) mass is 481 g/mol. The van der Waals surface area contributed by atoms with Gasteiger partial charge in [0.25, 0.3) is 0 Å². The highest BCUT2D eigenvalue weighted by atomic mass is 35.5. The predicted octanol–water partition coefficient (Wildman–Crippen LogP) is 5.38. The smallest absolute Gasteiger partial charge is 0.422 e. The van der Waals surface area contributed by atoms with E-state index in [4.69, 9.17) is 21.4 Å². The Hall–Kier alpha value is -3.30. The number of pyridine rings is 1. The van der Waals surface area contributed by atoms with Crippen molar-refractivity contribution in [2.45, 2.75) is 31.5 Å². The maximum absolute atomic E-state index is 14.1. The second kappa shape index (κ2) is 8.92. The van der Waals surface area contributed by atoms with E-state index in [9.17, 15) is 27.9 Å². The first-order chi connectivity index (χ1) is 15.3. The molecule has 0 fully saturated rings. The van der Waals surface area contributed by atoms with Crippen molar-refractivity contribution in [2.24, 2.45) is 0 Å². The number of carboxylic acid groups (broad SMARTS) is 1. The van der Waals surface area contributed by atoms with Gasteiger partial charge in [0.15, 0.2) is 5.60 Å². The van der Waals surface area contributed by atoms with Crippen molar-refractivity contribution in [3.05, 3.63) is 92.4 Å². The molecule has 0 aliphatic rings. The van der Waals surface area contributed by atoms with E-state index in [1.54, 1.807) is 0 Å². The molecule has 2 unspecified atom stereocenters. The summed E-state index contributed by atoms with van der Waals surface area (Å²) in [6, 6.07) is 11.4. The summed E-state index contributed by atoms with van der Waals surface area (Å²) in [6.07, 6.45) is -5.08. The number of halogens is 4. The molecule has 0 bridgehead atoms. The van der Waals surface area contributed by atoms with Crippen LogP contribution in [-0.4, -0.2) is 27.3 Å². The van der Waals surface area contributed by atoms with Crippen molar-refractivity contribution in [3.8, 4) is 11.5 Å². The van der Waals surface area contributed by atoms with Crippen LogP contribution in [0.15, 0.2) is 59.4 Å². The maximum Gasteiger partial charge on any atom is 0.422 e. The predicted molar refractivity (Wildman–Crippen MR) is 115 cm³/mol. The van der Waals surface area contributed by atoms with Crippen LogP contribution < -0.4 is 10.3 Å². The van der Waals surface area contributed by atoms with Gasteiger partial charge in [-0.3, -0.25) is 4.79 Å². The molecule has 10 heteroatoms. The number of ether oxygens (including phenoxy) is 1. The minimum absolute atomic E-state index is 0.00988. The van der Waals surface area contributed by atoms with E-state index in [1.807, 2.05) is 0 Å². The van der Waals surface area contributed by atoms with Gasteiger partial charge in [-0.05, 0) is 55.0 Å². The van der Waals surface area contributed by atoms with Gasteiger partial charge in [0.05, 0.1) is 5.56 Å². The second-order valence-corrected chi connectivity index (χ2v) is 7.87. The molecule has 2 atom stereocenters. The molecule has 3 rings (SSSR count). The van der Waals surface area contributed by atoms with Crippen LogP contribution in [-0.2, 0) is 5.60 Å². The zero-order valence-electron chi connectivity index (χ0n) is 17.4. The van der Waals surface area contributed by atoms with Crippen molar-refractivity contribution in [3.63, 3.8) is 0 Å². The van der Waals surface area contributed by atoms with E-state index in [1.165, 1.54) is 56.3 Å².